The topological polar surface area (TPSA) is 50.2 Å². The standard InChI is InChI=1S/C14H15NO2S/c1-3-5-11-12(14(16)17)15-13(18-11)10-7-4-6-9(2)8-10/h4,6-8H,3,5H2,1-2H3,(H,16,17). The summed E-state index contributed by atoms with van der Waals surface area (Å²) in [7, 11) is 0. The van der Waals surface area contributed by atoms with Gasteiger partial charge < -0.3 is 5.11 Å². The molecule has 1 aromatic heterocycles. The number of thiazole rings is 1. The molecule has 0 aliphatic heterocycles. The highest BCUT2D eigenvalue weighted by atomic mass is 32.1. The summed E-state index contributed by atoms with van der Waals surface area (Å²) in [6, 6.07) is 7.97. The van der Waals surface area contributed by atoms with E-state index in [2.05, 4.69) is 4.98 Å². The number of carboxylic acids is 1. The van der Waals surface area contributed by atoms with Crippen molar-refractivity contribution in [3.8, 4) is 10.6 Å². The summed E-state index contributed by atoms with van der Waals surface area (Å²) < 4.78 is 0. The van der Waals surface area contributed by atoms with Gasteiger partial charge in [-0.15, -0.1) is 11.3 Å². The molecule has 18 heavy (non-hydrogen) atoms. The van der Waals surface area contributed by atoms with E-state index in [9.17, 15) is 4.79 Å². The predicted molar refractivity (Wildman–Crippen MR) is 73.2 cm³/mol. The Kier molecular flexibility index (Phi) is 3.77. The largest absolute Gasteiger partial charge is 0.476 e. The first-order valence-corrected chi connectivity index (χ1v) is 6.73. The highest BCUT2D eigenvalue weighted by Crippen LogP contribution is 2.29. The number of hydrogen-bond acceptors (Lipinski definition) is 3. The zero-order chi connectivity index (χ0) is 13.1. The molecule has 0 saturated heterocycles. The highest BCUT2D eigenvalue weighted by molar-refractivity contribution is 7.15. The van der Waals surface area contributed by atoms with Gasteiger partial charge >= 0.3 is 5.97 Å². The van der Waals surface area contributed by atoms with Gasteiger partial charge in [0.2, 0.25) is 0 Å². The molecule has 0 unspecified atom stereocenters. The fraction of sp³-hybridized carbons (Fsp3) is 0.286. The number of hydrogen-bond donors (Lipinski definition) is 1. The predicted octanol–water partition coefficient (Wildman–Crippen LogP) is 3.77. The average molecular weight is 261 g/mol. The summed E-state index contributed by atoms with van der Waals surface area (Å²) in [5, 5.41) is 9.94. The maximum Gasteiger partial charge on any atom is 0.355 e. The number of carboxylic acid groups (broad SMARTS) is 1. The molecule has 0 amide bonds. The number of aryl methyl sites for hydroxylation is 2. The third kappa shape index (κ3) is 2.59. The summed E-state index contributed by atoms with van der Waals surface area (Å²) in [4.78, 5) is 16.3. The van der Waals surface area contributed by atoms with Crippen LogP contribution in [0.25, 0.3) is 10.6 Å². The molecule has 0 atom stereocenters. The lowest BCUT2D eigenvalue weighted by Gasteiger charge is -1.96. The SMILES string of the molecule is CCCc1sc(-c2cccc(C)c2)nc1C(=O)O. The van der Waals surface area contributed by atoms with E-state index in [4.69, 9.17) is 5.11 Å². The molecule has 3 nitrogen and oxygen atoms in total. The number of nitrogens with zero attached hydrogens (tertiary/aromatic N) is 1. The second-order valence-electron chi connectivity index (χ2n) is 4.22. The smallest absolute Gasteiger partial charge is 0.355 e. The molecule has 0 saturated carbocycles. The monoisotopic (exact) mass is 261 g/mol. The zero-order valence-electron chi connectivity index (χ0n) is 10.4. The van der Waals surface area contributed by atoms with Crippen molar-refractivity contribution in [1.29, 1.82) is 0 Å². The van der Waals surface area contributed by atoms with Gasteiger partial charge in [-0.2, -0.15) is 0 Å². The second-order valence-corrected chi connectivity index (χ2v) is 5.30. The van der Waals surface area contributed by atoms with Crippen LogP contribution in [0, 0.1) is 6.92 Å². The molecule has 4 heteroatoms. The summed E-state index contributed by atoms with van der Waals surface area (Å²) >= 11 is 1.48. The number of aromatic nitrogens is 1. The van der Waals surface area contributed by atoms with E-state index < -0.39 is 5.97 Å². The van der Waals surface area contributed by atoms with Crippen LogP contribution in [0.1, 0.15) is 34.3 Å². The first kappa shape index (κ1) is 12.8. The van der Waals surface area contributed by atoms with E-state index in [0.717, 1.165) is 33.9 Å². The minimum Gasteiger partial charge on any atom is -0.476 e. The van der Waals surface area contributed by atoms with Crippen LogP contribution in [-0.4, -0.2) is 16.1 Å². The number of benzene rings is 1. The van der Waals surface area contributed by atoms with E-state index in [-0.39, 0.29) is 5.69 Å². The highest BCUT2D eigenvalue weighted by Gasteiger charge is 2.17. The van der Waals surface area contributed by atoms with Gasteiger partial charge in [-0.1, -0.05) is 37.1 Å². The molecule has 1 aromatic carbocycles. The van der Waals surface area contributed by atoms with Crippen LogP contribution in [-0.2, 0) is 6.42 Å². The van der Waals surface area contributed by atoms with Gasteiger partial charge in [0, 0.05) is 10.4 Å². The van der Waals surface area contributed by atoms with Gasteiger partial charge in [0.05, 0.1) is 0 Å². The van der Waals surface area contributed by atoms with Gasteiger partial charge in [-0.3, -0.25) is 0 Å². The van der Waals surface area contributed by atoms with Crippen LogP contribution < -0.4 is 0 Å². The normalized spacial score (nSPS) is 10.6. The van der Waals surface area contributed by atoms with Crippen LogP contribution in [0.3, 0.4) is 0 Å². The number of rotatable bonds is 4. The fourth-order valence-electron chi connectivity index (χ4n) is 1.82. The Morgan fingerprint density at radius 1 is 1.44 bits per heavy atom. The van der Waals surface area contributed by atoms with Crippen molar-refractivity contribution in [2.24, 2.45) is 0 Å². The van der Waals surface area contributed by atoms with Crippen molar-refractivity contribution in [3.05, 3.63) is 40.4 Å². The molecule has 1 heterocycles. The van der Waals surface area contributed by atoms with Crippen molar-refractivity contribution < 1.29 is 9.90 Å². The Bertz CT molecular complexity index is 575. The molecule has 0 radical (unpaired) electrons. The summed E-state index contributed by atoms with van der Waals surface area (Å²) in [5.74, 6) is -0.936. The van der Waals surface area contributed by atoms with E-state index in [1.165, 1.54) is 11.3 Å². The summed E-state index contributed by atoms with van der Waals surface area (Å²) in [6.45, 7) is 4.06. The van der Waals surface area contributed by atoms with Gasteiger partial charge in [-0.05, 0) is 19.4 Å². The van der Waals surface area contributed by atoms with Crippen molar-refractivity contribution in [1.82, 2.24) is 4.98 Å². The van der Waals surface area contributed by atoms with Crippen molar-refractivity contribution in [2.75, 3.05) is 0 Å². The summed E-state index contributed by atoms with van der Waals surface area (Å²) in [6.07, 6.45) is 1.70. The van der Waals surface area contributed by atoms with Crippen molar-refractivity contribution in [2.45, 2.75) is 26.7 Å². The van der Waals surface area contributed by atoms with E-state index >= 15 is 0 Å². The van der Waals surface area contributed by atoms with Gasteiger partial charge in [0.1, 0.15) is 5.01 Å². The zero-order valence-corrected chi connectivity index (χ0v) is 11.3. The first-order chi connectivity index (χ1) is 8.61. The Labute approximate surface area is 110 Å². The van der Waals surface area contributed by atoms with Gasteiger partial charge in [0.15, 0.2) is 5.69 Å². The molecule has 0 aliphatic rings. The minimum atomic E-state index is -0.936. The maximum atomic E-state index is 11.2. The summed E-state index contributed by atoms with van der Waals surface area (Å²) in [5.41, 5.74) is 2.35. The molecule has 0 bridgehead atoms. The average Bonchev–Trinajstić information content (AvgIpc) is 2.74. The molecule has 2 aromatic rings. The lowest BCUT2D eigenvalue weighted by atomic mass is 10.1. The number of carbonyl (C=O) groups is 1. The van der Waals surface area contributed by atoms with Crippen LogP contribution in [0.5, 0.6) is 0 Å². The van der Waals surface area contributed by atoms with Crippen LogP contribution in [0.4, 0.5) is 0 Å². The molecular weight excluding hydrogens is 246 g/mol. The Hall–Kier alpha value is -1.68. The van der Waals surface area contributed by atoms with Crippen LogP contribution in [0.15, 0.2) is 24.3 Å². The lowest BCUT2D eigenvalue weighted by Crippen LogP contribution is -2.00. The maximum absolute atomic E-state index is 11.2. The third-order valence-electron chi connectivity index (χ3n) is 2.64. The molecule has 0 fully saturated rings. The second kappa shape index (κ2) is 5.31. The Morgan fingerprint density at radius 2 is 2.22 bits per heavy atom. The van der Waals surface area contributed by atoms with Gasteiger partial charge in [-0.25, -0.2) is 9.78 Å². The van der Waals surface area contributed by atoms with E-state index in [1.807, 2.05) is 38.1 Å². The fourth-order valence-corrected chi connectivity index (χ4v) is 2.97. The molecule has 0 spiro atoms. The molecular formula is C14H15NO2S. The number of aromatic carboxylic acids is 1. The van der Waals surface area contributed by atoms with Crippen molar-refractivity contribution >= 4 is 17.3 Å². The molecule has 2 rings (SSSR count). The van der Waals surface area contributed by atoms with Crippen LogP contribution >= 0.6 is 11.3 Å². The Balaban J connectivity index is 2.46. The third-order valence-corrected chi connectivity index (χ3v) is 3.81. The minimum absolute atomic E-state index is 0.207. The molecule has 0 aliphatic carbocycles. The van der Waals surface area contributed by atoms with Crippen LogP contribution in [0.2, 0.25) is 0 Å². The van der Waals surface area contributed by atoms with Gasteiger partial charge in [0.25, 0.3) is 0 Å². The lowest BCUT2D eigenvalue weighted by molar-refractivity contribution is 0.0690. The first-order valence-electron chi connectivity index (χ1n) is 5.92. The van der Waals surface area contributed by atoms with E-state index in [1.54, 1.807) is 0 Å². The quantitative estimate of drug-likeness (QED) is 0.911. The van der Waals surface area contributed by atoms with E-state index in [0.29, 0.717) is 0 Å². The Morgan fingerprint density at radius 3 is 2.83 bits per heavy atom. The van der Waals surface area contributed by atoms with Crippen molar-refractivity contribution in [3.63, 3.8) is 0 Å². The molecule has 1 N–H and O–H groups in total. The molecule has 94 valence electrons.